The van der Waals surface area contributed by atoms with Gasteiger partial charge in [-0.3, -0.25) is 24.2 Å². The fourth-order valence-corrected chi connectivity index (χ4v) is 5.04. The SMILES string of the molecule is CC(C)CC(NC(=O)c1cccc(N2CCN(C)CC2)c1)C(=O)NCC(=O)CNC(=O)Cc1cccc(-c2ccccn2)c1. The van der Waals surface area contributed by atoms with Crippen LogP contribution in [0.1, 0.15) is 36.2 Å². The van der Waals surface area contributed by atoms with Crippen molar-refractivity contribution < 1.29 is 19.2 Å². The van der Waals surface area contributed by atoms with E-state index in [1.165, 1.54) is 0 Å². The van der Waals surface area contributed by atoms with E-state index in [-0.39, 0.29) is 43.0 Å². The van der Waals surface area contributed by atoms with Gasteiger partial charge in [0.15, 0.2) is 5.78 Å². The van der Waals surface area contributed by atoms with Crippen molar-refractivity contribution in [2.24, 2.45) is 5.92 Å². The molecule has 0 saturated carbocycles. The summed E-state index contributed by atoms with van der Waals surface area (Å²) in [6.45, 7) is 7.14. The monoisotopic (exact) mass is 598 g/mol. The number of hydrogen-bond donors (Lipinski definition) is 3. The number of likely N-dealkylation sites (N-methyl/N-ethyl adjacent to an activating group) is 1. The molecule has 1 saturated heterocycles. The number of rotatable bonds is 13. The fraction of sp³-hybridized carbons (Fsp3) is 0.382. The van der Waals surface area contributed by atoms with E-state index in [4.69, 9.17) is 0 Å². The van der Waals surface area contributed by atoms with Gasteiger partial charge >= 0.3 is 0 Å². The largest absolute Gasteiger partial charge is 0.369 e. The molecule has 2 heterocycles. The van der Waals surface area contributed by atoms with Gasteiger partial charge in [-0.15, -0.1) is 0 Å². The summed E-state index contributed by atoms with van der Waals surface area (Å²) in [6, 6.07) is 19.8. The van der Waals surface area contributed by atoms with Crippen LogP contribution in [0.3, 0.4) is 0 Å². The summed E-state index contributed by atoms with van der Waals surface area (Å²) < 4.78 is 0. The van der Waals surface area contributed by atoms with Crippen molar-refractivity contribution in [2.45, 2.75) is 32.7 Å². The van der Waals surface area contributed by atoms with Crippen LogP contribution >= 0.6 is 0 Å². The normalized spacial score (nSPS) is 14.1. The Kier molecular flexibility index (Phi) is 11.6. The first-order valence-corrected chi connectivity index (χ1v) is 15.1. The van der Waals surface area contributed by atoms with Crippen molar-refractivity contribution in [1.82, 2.24) is 25.8 Å². The summed E-state index contributed by atoms with van der Waals surface area (Å²) in [5.74, 6) is -1.29. The van der Waals surface area contributed by atoms with Crippen LogP contribution in [-0.4, -0.2) is 85.7 Å². The predicted molar refractivity (Wildman–Crippen MR) is 171 cm³/mol. The standard InChI is InChI=1S/C34H42N6O4/c1-24(2)18-31(38-33(43)27-10-7-11-28(21-27)40-16-14-39(3)15-17-40)34(44)37-23-29(41)22-36-32(42)20-25-8-6-9-26(19-25)30-12-4-5-13-35-30/h4-13,19,21,24,31H,14-18,20,22-23H2,1-3H3,(H,36,42)(H,37,44)(H,38,43). The molecule has 3 N–H and O–H groups in total. The summed E-state index contributed by atoms with van der Waals surface area (Å²) in [4.78, 5) is 60.1. The van der Waals surface area contributed by atoms with Crippen molar-refractivity contribution in [2.75, 3.05) is 51.2 Å². The first-order valence-electron chi connectivity index (χ1n) is 15.1. The number of ketones is 1. The quantitative estimate of drug-likeness (QED) is 0.277. The fourth-order valence-electron chi connectivity index (χ4n) is 5.04. The number of nitrogens with one attached hydrogen (secondary N) is 3. The minimum atomic E-state index is -0.802. The van der Waals surface area contributed by atoms with E-state index >= 15 is 0 Å². The van der Waals surface area contributed by atoms with Gasteiger partial charge in [-0.1, -0.05) is 44.2 Å². The van der Waals surface area contributed by atoms with Gasteiger partial charge in [-0.25, -0.2) is 0 Å². The van der Waals surface area contributed by atoms with E-state index < -0.39 is 11.9 Å². The van der Waals surface area contributed by atoms with Crippen molar-refractivity contribution >= 4 is 29.2 Å². The lowest BCUT2D eigenvalue weighted by Gasteiger charge is -2.34. The number of amides is 3. The van der Waals surface area contributed by atoms with Crippen LogP contribution in [0.5, 0.6) is 0 Å². The molecule has 3 aromatic rings. The van der Waals surface area contributed by atoms with E-state index in [1.54, 1.807) is 12.3 Å². The molecule has 2 aromatic carbocycles. The van der Waals surface area contributed by atoms with E-state index in [1.807, 2.05) is 74.5 Å². The third-order valence-corrected chi connectivity index (χ3v) is 7.50. The van der Waals surface area contributed by atoms with Crippen LogP contribution in [0.2, 0.25) is 0 Å². The smallest absolute Gasteiger partial charge is 0.252 e. The highest BCUT2D eigenvalue weighted by molar-refractivity contribution is 5.99. The lowest BCUT2D eigenvalue weighted by Crippen LogP contribution is -2.49. The maximum Gasteiger partial charge on any atom is 0.252 e. The van der Waals surface area contributed by atoms with E-state index in [2.05, 4.69) is 37.8 Å². The van der Waals surface area contributed by atoms with Crippen LogP contribution in [0.25, 0.3) is 11.3 Å². The zero-order valence-electron chi connectivity index (χ0n) is 25.7. The molecule has 0 bridgehead atoms. The number of benzene rings is 2. The van der Waals surface area contributed by atoms with Gasteiger partial charge in [-0.2, -0.15) is 0 Å². The zero-order valence-corrected chi connectivity index (χ0v) is 25.7. The molecule has 3 amide bonds. The molecule has 1 aromatic heterocycles. The first-order chi connectivity index (χ1) is 21.2. The second-order valence-electron chi connectivity index (χ2n) is 11.6. The molecule has 0 aliphatic carbocycles. The number of carbonyl (C=O) groups excluding carboxylic acids is 4. The summed E-state index contributed by atoms with van der Waals surface area (Å²) in [7, 11) is 2.09. The van der Waals surface area contributed by atoms with Crippen molar-refractivity contribution in [3.8, 4) is 11.3 Å². The maximum absolute atomic E-state index is 13.2. The number of nitrogens with zero attached hydrogens (tertiary/aromatic N) is 3. The molecule has 1 atom stereocenters. The predicted octanol–water partition coefficient (Wildman–Crippen LogP) is 2.69. The second-order valence-corrected chi connectivity index (χ2v) is 11.6. The van der Waals surface area contributed by atoms with Gasteiger partial charge in [0.2, 0.25) is 11.8 Å². The minimum absolute atomic E-state index is 0.110. The Bertz CT molecular complexity index is 1440. The maximum atomic E-state index is 13.2. The van der Waals surface area contributed by atoms with Crippen LogP contribution in [0.15, 0.2) is 72.9 Å². The molecule has 232 valence electrons. The number of hydrogen-bond acceptors (Lipinski definition) is 7. The molecule has 1 aliphatic heterocycles. The molecule has 1 unspecified atom stereocenters. The zero-order chi connectivity index (χ0) is 31.5. The Morgan fingerprint density at radius 1 is 0.864 bits per heavy atom. The molecule has 10 nitrogen and oxygen atoms in total. The highest BCUT2D eigenvalue weighted by Gasteiger charge is 2.24. The van der Waals surface area contributed by atoms with Gasteiger partial charge in [0.25, 0.3) is 5.91 Å². The Morgan fingerprint density at radius 3 is 2.34 bits per heavy atom. The van der Waals surface area contributed by atoms with Gasteiger partial charge in [0.05, 0.1) is 25.2 Å². The molecule has 1 aliphatic rings. The van der Waals surface area contributed by atoms with E-state index in [0.29, 0.717) is 12.0 Å². The molecule has 1 fully saturated rings. The van der Waals surface area contributed by atoms with Crippen LogP contribution in [0.4, 0.5) is 5.69 Å². The van der Waals surface area contributed by atoms with Gasteiger partial charge in [0.1, 0.15) is 6.04 Å². The number of pyridine rings is 1. The molecule has 4 rings (SSSR count). The number of carbonyl (C=O) groups is 4. The van der Waals surface area contributed by atoms with E-state index in [9.17, 15) is 19.2 Å². The van der Waals surface area contributed by atoms with Crippen molar-refractivity contribution in [3.05, 3.63) is 84.1 Å². The lowest BCUT2D eigenvalue weighted by molar-refractivity contribution is -0.127. The van der Waals surface area contributed by atoms with Crippen LogP contribution in [0, 0.1) is 5.92 Å². The average Bonchev–Trinajstić information content (AvgIpc) is 3.03. The third-order valence-electron chi connectivity index (χ3n) is 7.50. The molecular weight excluding hydrogens is 556 g/mol. The lowest BCUT2D eigenvalue weighted by atomic mass is 10.0. The van der Waals surface area contributed by atoms with E-state index in [0.717, 1.165) is 48.7 Å². The topological polar surface area (TPSA) is 124 Å². The van der Waals surface area contributed by atoms with Crippen molar-refractivity contribution in [3.63, 3.8) is 0 Å². The van der Waals surface area contributed by atoms with Gasteiger partial charge < -0.3 is 25.8 Å². The molecular formula is C34H42N6O4. The van der Waals surface area contributed by atoms with Gasteiger partial charge in [0, 0.05) is 49.2 Å². The third kappa shape index (κ3) is 9.74. The molecule has 0 spiro atoms. The average molecular weight is 599 g/mol. The van der Waals surface area contributed by atoms with Crippen LogP contribution in [-0.2, 0) is 20.8 Å². The first kappa shape index (κ1) is 32.3. The number of piperazine rings is 1. The number of Topliss-reactive ketones (excluding diaryl/α,β-unsaturated/α-hetero) is 1. The van der Waals surface area contributed by atoms with Gasteiger partial charge in [-0.05, 0) is 61.3 Å². The highest BCUT2D eigenvalue weighted by Crippen LogP contribution is 2.19. The van der Waals surface area contributed by atoms with Crippen molar-refractivity contribution in [1.29, 1.82) is 0 Å². The second kappa shape index (κ2) is 15.8. The number of anilines is 1. The summed E-state index contributed by atoms with van der Waals surface area (Å²) in [5, 5.41) is 8.12. The minimum Gasteiger partial charge on any atom is -0.369 e. The highest BCUT2D eigenvalue weighted by atomic mass is 16.2. The Morgan fingerprint density at radius 2 is 1.61 bits per heavy atom. The molecule has 0 radical (unpaired) electrons. The Hall–Kier alpha value is -4.57. The number of aromatic nitrogens is 1. The molecule has 10 heteroatoms. The summed E-state index contributed by atoms with van der Waals surface area (Å²) in [6.07, 6.45) is 2.24. The Labute approximate surface area is 259 Å². The molecule has 44 heavy (non-hydrogen) atoms. The summed E-state index contributed by atoms with van der Waals surface area (Å²) in [5.41, 5.74) is 3.97. The Balaban J connectivity index is 1.25. The van der Waals surface area contributed by atoms with Crippen LogP contribution < -0.4 is 20.9 Å². The summed E-state index contributed by atoms with van der Waals surface area (Å²) >= 11 is 0.